The van der Waals surface area contributed by atoms with E-state index >= 15 is 0 Å². The second-order valence-electron chi connectivity index (χ2n) is 3.60. The number of nitrogens with one attached hydrogen (secondary N) is 1. The van der Waals surface area contributed by atoms with Crippen LogP contribution in [0.5, 0.6) is 0 Å². The lowest BCUT2D eigenvalue weighted by molar-refractivity contribution is -0.384. The highest BCUT2D eigenvalue weighted by Crippen LogP contribution is 2.28. The highest BCUT2D eigenvalue weighted by atomic mass is 19.1. The van der Waals surface area contributed by atoms with E-state index in [0.717, 1.165) is 6.42 Å². The van der Waals surface area contributed by atoms with E-state index in [2.05, 4.69) is 5.32 Å². The zero-order chi connectivity index (χ0) is 11.5. The Labute approximate surface area is 91.4 Å². The molecular weight excluding hydrogens is 215 g/mol. The van der Waals surface area contributed by atoms with Crippen LogP contribution in [-0.2, 0) is 4.74 Å². The average molecular weight is 226 g/mol. The zero-order valence-corrected chi connectivity index (χ0v) is 8.48. The van der Waals surface area contributed by atoms with Crippen LogP contribution < -0.4 is 5.32 Å². The van der Waals surface area contributed by atoms with Crippen LogP contribution in [0.3, 0.4) is 0 Å². The molecule has 86 valence electrons. The Balaban J connectivity index is 2.26. The highest BCUT2D eigenvalue weighted by molar-refractivity contribution is 5.62. The maximum atomic E-state index is 13.5. The molecule has 2 rings (SSSR count). The Morgan fingerprint density at radius 3 is 3.00 bits per heavy atom. The molecule has 0 aliphatic carbocycles. The van der Waals surface area contributed by atoms with Crippen molar-refractivity contribution >= 4 is 11.4 Å². The molecule has 16 heavy (non-hydrogen) atoms. The van der Waals surface area contributed by atoms with Gasteiger partial charge in [0.25, 0.3) is 5.69 Å². The van der Waals surface area contributed by atoms with Crippen molar-refractivity contribution in [3.05, 3.63) is 34.1 Å². The van der Waals surface area contributed by atoms with Gasteiger partial charge >= 0.3 is 0 Å². The molecule has 6 heteroatoms. The summed E-state index contributed by atoms with van der Waals surface area (Å²) in [4.78, 5) is 10.1. The first-order valence-corrected chi connectivity index (χ1v) is 4.95. The normalized spacial score (nSPS) is 19.7. The number of nitrogens with zero attached hydrogens (tertiary/aromatic N) is 1. The number of anilines is 1. The van der Waals surface area contributed by atoms with Crippen molar-refractivity contribution in [2.24, 2.45) is 0 Å². The van der Waals surface area contributed by atoms with Crippen LogP contribution in [0.1, 0.15) is 6.42 Å². The van der Waals surface area contributed by atoms with Crippen LogP contribution in [0, 0.1) is 15.9 Å². The smallest absolute Gasteiger partial charge is 0.295 e. The lowest BCUT2D eigenvalue weighted by atomic mass is 10.2. The first kappa shape index (κ1) is 10.8. The van der Waals surface area contributed by atoms with Gasteiger partial charge in [-0.25, -0.2) is 4.39 Å². The number of ether oxygens (including phenoxy) is 1. The standard InChI is InChI=1S/C10H11FN2O3/c11-8-2-1-3-9(13(14)15)10(8)12-7-4-5-16-6-7/h1-3,7,12H,4-6H2. The molecule has 1 aromatic carbocycles. The van der Waals surface area contributed by atoms with E-state index in [0.29, 0.717) is 13.2 Å². The highest BCUT2D eigenvalue weighted by Gasteiger charge is 2.23. The molecule has 1 N–H and O–H groups in total. The van der Waals surface area contributed by atoms with E-state index in [4.69, 9.17) is 4.74 Å². The molecule has 0 amide bonds. The summed E-state index contributed by atoms with van der Waals surface area (Å²) in [7, 11) is 0. The second-order valence-corrected chi connectivity index (χ2v) is 3.60. The van der Waals surface area contributed by atoms with Crippen LogP contribution in [0.25, 0.3) is 0 Å². The lowest BCUT2D eigenvalue weighted by Gasteiger charge is -2.12. The summed E-state index contributed by atoms with van der Waals surface area (Å²) in [6.45, 7) is 1.05. The molecule has 5 nitrogen and oxygen atoms in total. The molecule has 1 heterocycles. The first-order chi connectivity index (χ1) is 7.68. The van der Waals surface area contributed by atoms with Gasteiger partial charge in [0.1, 0.15) is 5.69 Å². The van der Waals surface area contributed by atoms with Crippen molar-refractivity contribution < 1.29 is 14.1 Å². The fraction of sp³-hybridized carbons (Fsp3) is 0.400. The fourth-order valence-corrected chi connectivity index (χ4v) is 1.66. The minimum atomic E-state index is -0.610. The van der Waals surface area contributed by atoms with Crippen molar-refractivity contribution in [3.8, 4) is 0 Å². The van der Waals surface area contributed by atoms with Crippen molar-refractivity contribution in [3.63, 3.8) is 0 Å². The SMILES string of the molecule is O=[N+]([O-])c1cccc(F)c1NC1CCOC1. The quantitative estimate of drug-likeness (QED) is 0.631. The van der Waals surface area contributed by atoms with Crippen LogP contribution >= 0.6 is 0 Å². The van der Waals surface area contributed by atoms with Gasteiger partial charge in [-0.1, -0.05) is 6.07 Å². The third kappa shape index (κ3) is 2.11. The largest absolute Gasteiger partial charge is 0.379 e. The van der Waals surface area contributed by atoms with E-state index in [1.807, 2.05) is 0 Å². The number of benzene rings is 1. The monoisotopic (exact) mass is 226 g/mol. The Morgan fingerprint density at radius 1 is 1.56 bits per heavy atom. The van der Waals surface area contributed by atoms with E-state index in [-0.39, 0.29) is 17.4 Å². The summed E-state index contributed by atoms with van der Waals surface area (Å²) < 4.78 is 18.6. The third-order valence-corrected chi connectivity index (χ3v) is 2.47. The maximum absolute atomic E-state index is 13.5. The first-order valence-electron chi connectivity index (χ1n) is 4.95. The minimum Gasteiger partial charge on any atom is -0.379 e. The van der Waals surface area contributed by atoms with Gasteiger partial charge < -0.3 is 10.1 Å². The molecule has 1 aliphatic rings. The fourth-order valence-electron chi connectivity index (χ4n) is 1.66. The second kappa shape index (κ2) is 4.44. The Hall–Kier alpha value is -1.69. The van der Waals surface area contributed by atoms with E-state index in [9.17, 15) is 14.5 Å². The maximum Gasteiger partial charge on any atom is 0.295 e. The number of rotatable bonds is 3. The van der Waals surface area contributed by atoms with Gasteiger partial charge in [0.05, 0.1) is 17.6 Å². The predicted molar refractivity (Wildman–Crippen MR) is 55.9 cm³/mol. The number of nitro benzene ring substituents is 1. The van der Waals surface area contributed by atoms with Crippen LogP contribution in [0.4, 0.5) is 15.8 Å². The van der Waals surface area contributed by atoms with Crippen molar-refractivity contribution in [1.29, 1.82) is 0 Å². The molecule has 0 spiro atoms. The Kier molecular flexibility index (Phi) is 3.00. The topological polar surface area (TPSA) is 64.4 Å². The van der Waals surface area contributed by atoms with Crippen molar-refractivity contribution in [1.82, 2.24) is 0 Å². The van der Waals surface area contributed by atoms with Gasteiger partial charge in [0.2, 0.25) is 0 Å². The van der Waals surface area contributed by atoms with Crippen molar-refractivity contribution in [2.45, 2.75) is 12.5 Å². The predicted octanol–water partition coefficient (Wildman–Crippen LogP) is 1.93. The molecule has 0 bridgehead atoms. The number of para-hydroxylation sites is 1. The number of halogens is 1. The Morgan fingerprint density at radius 2 is 2.38 bits per heavy atom. The number of nitro groups is 1. The van der Waals surface area contributed by atoms with Crippen molar-refractivity contribution in [2.75, 3.05) is 18.5 Å². The molecule has 1 fully saturated rings. The molecule has 0 saturated carbocycles. The minimum absolute atomic E-state index is 0.0528. The van der Waals surface area contributed by atoms with Gasteiger partial charge in [-0.3, -0.25) is 10.1 Å². The van der Waals surface area contributed by atoms with E-state index < -0.39 is 10.7 Å². The molecular formula is C10H11FN2O3. The van der Waals surface area contributed by atoms with Gasteiger partial charge in [-0.05, 0) is 12.5 Å². The summed E-state index contributed by atoms with van der Waals surface area (Å²) in [6, 6.07) is 3.74. The summed E-state index contributed by atoms with van der Waals surface area (Å²) in [5.74, 6) is -0.610. The molecule has 1 unspecified atom stereocenters. The molecule has 1 atom stereocenters. The number of hydrogen-bond donors (Lipinski definition) is 1. The van der Waals surface area contributed by atoms with Crippen LogP contribution in [-0.4, -0.2) is 24.2 Å². The molecule has 0 aromatic heterocycles. The van der Waals surface area contributed by atoms with Gasteiger partial charge in [0.15, 0.2) is 5.82 Å². The third-order valence-electron chi connectivity index (χ3n) is 2.47. The molecule has 1 aliphatic heterocycles. The summed E-state index contributed by atoms with van der Waals surface area (Å²) in [5.41, 5.74) is -0.296. The summed E-state index contributed by atoms with van der Waals surface area (Å²) >= 11 is 0. The molecule has 1 saturated heterocycles. The van der Waals surface area contributed by atoms with Gasteiger partial charge in [-0.2, -0.15) is 0 Å². The molecule has 1 aromatic rings. The lowest BCUT2D eigenvalue weighted by Crippen LogP contribution is -2.20. The number of hydrogen-bond acceptors (Lipinski definition) is 4. The van der Waals surface area contributed by atoms with Crippen LogP contribution in [0.2, 0.25) is 0 Å². The summed E-state index contributed by atoms with van der Waals surface area (Å²) in [6.07, 6.45) is 0.728. The van der Waals surface area contributed by atoms with Gasteiger partial charge in [-0.15, -0.1) is 0 Å². The average Bonchev–Trinajstić information content (AvgIpc) is 2.73. The molecule has 0 radical (unpaired) electrons. The summed E-state index contributed by atoms with van der Waals surface area (Å²) in [5, 5.41) is 13.5. The Bertz CT molecular complexity index is 405. The van der Waals surface area contributed by atoms with E-state index in [1.54, 1.807) is 0 Å². The van der Waals surface area contributed by atoms with E-state index in [1.165, 1.54) is 18.2 Å². The zero-order valence-electron chi connectivity index (χ0n) is 8.48. The van der Waals surface area contributed by atoms with Gasteiger partial charge in [0, 0.05) is 12.7 Å². The van der Waals surface area contributed by atoms with Crippen LogP contribution in [0.15, 0.2) is 18.2 Å².